The maximum absolute atomic E-state index is 13.7. The highest BCUT2D eigenvalue weighted by Gasteiger charge is 2.08. The zero-order valence-corrected chi connectivity index (χ0v) is 12.2. The predicted molar refractivity (Wildman–Crippen MR) is 79.2 cm³/mol. The third-order valence-corrected chi connectivity index (χ3v) is 3.01. The van der Waals surface area contributed by atoms with Crippen LogP contribution in [0, 0.1) is 5.82 Å². The van der Waals surface area contributed by atoms with Gasteiger partial charge in [-0.25, -0.2) is 4.39 Å². The lowest BCUT2D eigenvalue weighted by Crippen LogP contribution is -2.11. The van der Waals surface area contributed by atoms with E-state index in [1.165, 1.54) is 12.1 Å². The van der Waals surface area contributed by atoms with Crippen LogP contribution in [-0.4, -0.2) is 14.8 Å². The minimum absolute atomic E-state index is 0.0322. The fourth-order valence-electron chi connectivity index (χ4n) is 1.68. The summed E-state index contributed by atoms with van der Waals surface area (Å²) in [5, 5.41) is 4.35. The molecule has 6 heteroatoms. The van der Waals surface area contributed by atoms with Crippen LogP contribution in [0.15, 0.2) is 30.5 Å². The van der Waals surface area contributed by atoms with E-state index in [2.05, 4.69) is 5.10 Å². The van der Waals surface area contributed by atoms with Crippen LogP contribution in [0.25, 0.3) is 0 Å². The second-order valence-corrected chi connectivity index (χ2v) is 5.12. The van der Waals surface area contributed by atoms with Crippen molar-refractivity contribution in [2.24, 2.45) is 5.73 Å². The van der Waals surface area contributed by atoms with Crippen LogP contribution in [-0.2, 0) is 6.61 Å². The molecule has 2 N–H and O–H groups in total. The Kier molecular flexibility index (Phi) is 4.34. The van der Waals surface area contributed by atoms with Gasteiger partial charge in [0.05, 0.1) is 5.69 Å². The molecule has 0 spiro atoms. The van der Waals surface area contributed by atoms with Crippen molar-refractivity contribution in [1.82, 2.24) is 9.78 Å². The summed E-state index contributed by atoms with van der Waals surface area (Å²) in [5.41, 5.74) is 6.41. The van der Waals surface area contributed by atoms with Crippen molar-refractivity contribution in [3.05, 3.63) is 47.5 Å². The van der Waals surface area contributed by atoms with E-state index < -0.39 is 5.82 Å². The van der Waals surface area contributed by atoms with Crippen LogP contribution in [0.5, 0.6) is 5.75 Å². The number of thiocarbonyl (C=S) groups is 1. The molecule has 1 heterocycles. The number of halogens is 1. The van der Waals surface area contributed by atoms with E-state index in [1.54, 1.807) is 6.07 Å². The summed E-state index contributed by atoms with van der Waals surface area (Å²) in [6.45, 7) is 4.37. The van der Waals surface area contributed by atoms with E-state index in [0.29, 0.717) is 11.8 Å². The van der Waals surface area contributed by atoms with Crippen molar-refractivity contribution in [2.75, 3.05) is 0 Å². The lowest BCUT2D eigenvalue weighted by molar-refractivity contribution is 0.297. The molecule has 1 aromatic heterocycles. The predicted octanol–water partition coefficient (Wildman–Crippen LogP) is 2.82. The molecule has 2 rings (SSSR count). The van der Waals surface area contributed by atoms with Crippen LogP contribution in [0.4, 0.5) is 4.39 Å². The number of nitrogens with zero attached hydrogens (tertiary/aromatic N) is 2. The second-order valence-electron chi connectivity index (χ2n) is 4.68. The lowest BCUT2D eigenvalue weighted by Gasteiger charge is -2.07. The topological polar surface area (TPSA) is 53.1 Å². The quantitative estimate of drug-likeness (QED) is 0.861. The van der Waals surface area contributed by atoms with Gasteiger partial charge in [0, 0.05) is 23.9 Å². The summed E-state index contributed by atoms with van der Waals surface area (Å²) in [6, 6.07) is 6.59. The number of aromatic nitrogens is 2. The minimum atomic E-state index is -0.484. The number of nitrogens with two attached hydrogens (primary N) is 1. The Balaban J connectivity index is 2.03. The Bertz CT molecular complexity index is 625. The minimum Gasteiger partial charge on any atom is -0.487 e. The average molecular weight is 293 g/mol. The smallest absolute Gasteiger partial charge is 0.137 e. The van der Waals surface area contributed by atoms with Gasteiger partial charge >= 0.3 is 0 Å². The maximum Gasteiger partial charge on any atom is 0.137 e. The van der Waals surface area contributed by atoms with Crippen molar-refractivity contribution >= 4 is 17.2 Å². The summed E-state index contributed by atoms with van der Waals surface area (Å²) in [7, 11) is 0. The van der Waals surface area contributed by atoms with Crippen LogP contribution in [0.1, 0.15) is 31.1 Å². The second kappa shape index (κ2) is 6.00. The van der Waals surface area contributed by atoms with E-state index in [4.69, 9.17) is 22.7 Å². The van der Waals surface area contributed by atoms with E-state index in [1.807, 2.05) is 30.8 Å². The summed E-state index contributed by atoms with van der Waals surface area (Å²) < 4.78 is 21.0. The molecule has 0 unspecified atom stereocenters. The molecule has 0 aliphatic carbocycles. The van der Waals surface area contributed by atoms with Crippen molar-refractivity contribution in [2.45, 2.75) is 26.5 Å². The molecular weight excluding hydrogens is 277 g/mol. The van der Waals surface area contributed by atoms with Gasteiger partial charge < -0.3 is 10.5 Å². The largest absolute Gasteiger partial charge is 0.487 e. The Morgan fingerprint density at radius 3 is 2.75 bits per heavy atom. The summed E-state index contributed by atoms with van der Waals surface area (Å²) in [4.78, 5) is 0.0322. The Hall–Kier alpha value is -1.95. The standard InChI is InChI=1S/C14H16FN3OS/c1-9(2)18-6-5-10(17-18)8-19-11-3-4-12(14(16)20)13(15)7-11/h3-7,9H,8H2,1-2H3,(H2,16,20). The number of hydrogen-bond acceptors (Lipinski definition) is 3. The summed E-state index contributed by atoms with van der Waals surface area (Å²) in [5.74, 6) is -0.0655. The highest BCUT2D eigenvalue weighted by molar-refractivity contribution is 7.80. The summed E-state index contributed by atoms with van der Waals surface area (Å²) in [6.07, 6.45) is 1.89. The van der Waals surface area contributed by atoms with Crippen molar-refractivity contribution in [1.29, 1.82) is 0 Å². The molecule has 0 radical (unpaired) electrons. The number of ether oxygens (including phenoxy) is 1. The van der Waals surface area contributed by atoms with Gasteiger partial charge in [0.1, 0.15) is 23.2 Å². The number of benzene rings is 1. The Morgan fingerprint density at radius 2 is 2.20 bits per heavy atom. The molecule has 0 saturated carbocycles. The first-order chi connectivity index (χ1) is 9.47. The van der Waals surface area contributed by atoms with Crippen LogP contribution in [0.3, 0.4) is 0 Å². The molecule has 106 valence electrons. The fourth-order valence-corrected chi connectivity index (χ4v) is 1.85. The van der Waals surface area contributed by atoms with Gasteiger partial charge in [0.15, 0.2) is 0 Å². The van der Waals surface area contributed by atoms with Gasteiger partial charge in [0.25, 0.3) is 0 Å². The first-order valence-corrected chi connectivity index (χ1v) is 6.64. The van der Waals surface area contributed by atoms with E-state index in [-0.39, 0.29) is 17.2 Å². The number of hydrogen-bond donors (Lipinski definition) is 1. The van der Waals surface area contributed by atoms with Crippen molar-refractivity contribution in [3.8, 4) is 5.75 Å². The highest BCUT2D eigenvalue weighted by Crippen LogP contribution is 2.18. The van der Waals surface area contributed by atoms with E-state index in [9.17, 15) is 4.39 Å². The third-order valence-electron chi connectivity index (χ3n) is 2.79. The lowest BCUT2D eigenvalue weighted by atomic mass is 10.2. The maximum atomic E-state index is 13.7. The van der Waals surface area contributed by atoms with Crippen LogP contribution >= 0.6 is 12.2 Å². The Morgan fingerprint density at radius 1 is 1.45 bits per heavy atom. The SMILES string of the molecule is CC(C)n1ccc(COc2ccc(C(N)=S)c(F)c2)n1. The Labute approximate surface area is 122 Å². The molecule has 1 aromatic carbocycles. The van der Waals surface area contributed by atoms with Gasteiger partial charge in [-0.2, -0.15) is 5.10 Å². The highest BCUT2D eigenvalue weighted by atomic mass is 32.1. The van der Waals surface area contributed by atoms with Crippen LogP contribution in [0.2, 0.25) is 0 Å². The van der Waals surface area contributed by atoms with Crippen molar-refractivity contribution < 1.29 is 9.13 Å². The first-order valence-electron chi connectivity index (χ1n) is 6.23. The van der Waals surface area contributed by atoms with Gasteiger partial charge in [0.2, 0.25) is 0 Å². The average Bonchev–Trinajstić information content (AvgIpc) is 2.85. The zero-order chi connectivity index (χ0) is 14.7. The van der Waals surface area contributed by atoms with E-state index >= 15 is 0 Å². The van der Waals surface area contributed by atoms with Crippen LogP contribution < -0.4 is 10.5 Å². The summed E-state index contributed by atoms with van der Waals surface area (Å²) >= 11 is 4.75. The van der Waals surface area contributed by atoms with Gasteiger partial charge in [-0.1, -0.05) is 12.2 Å². The molecule has 0 atom stereocenters. The monoisotopic (exact) mass is 293 g/mol. The normalized spacial score (nSPS) is 10.8. The van der Waals surface area contributed by atoms with Gasteiger partial charge in [-0.05, 0) is 32.0 Å². The van der Waals surface area contributed by atoms with Crippen molar-refractivity contribution in [3.63, 3.8) is 0 Å². The molecule has 0 saturated heterocycles. The molecule has 0 aliphatic heterocycles. The molecule has 0 fully saturated rings. The first kappa shape index (κ1) is 14.5. The molecule has 0 bridgehead atoms. The molecule has 0 aliphatic rings. The van der Waals surface area contributed by atoms with E-state index in [0.717, 1.165) is 5.69 Å². The zero-order valence-electron chi connectivity index (χ0n) is 11.3. The molecule has 0 amide bonds. The number of rotatable bonds is 5. The molecular formula is C14H16FN3OS. The van der Waals surface area contributed by atoms with Gasteiger partial charge in [-0.15, -0.1) is 0 Å². The van der Waals surface area contributed by atoms with Gasteiger partial charge in [-0.3, -0.25) is 4.68 Å². The molecule has 2 aromatic rings. The molecule has 4 nitrogen and oxygen atoms in total. The molecule has 20 heavy (non-hydrogen) atoms. The fraction of sp³-hybridized carbons (Fsp3) is 0.286. The third kappa shape index (κ3) is 3.33.